The Kier molecular flexibility index (Phi) is 9.10. The molecule has 0 bridgehead atoms. The number of amides is 1. The van der Waals surface area contributed by atoms with E-state index in [4.69, 9.17) is 18.9 Å². The molecule has 0 saturated heterocycles. The van der Waals surface area contributed by atoms with Crippen molar-refractivity contribution in [2.24, 2.45) is 0 Å². The van der Waals surface area contributed by atoms with E-state index in [1.54, 1.807) is 0 Å². The Hall–Kier alpha value is -3.11. The summed E-state index contributed by atoms with van der Waals surface area (Å²) in [5.74, 6) is -3.46. The third-order valence-electron chi connectivity index (χ3n) is 3.75. The average molecular weight is 415 g/mol. The van der Waals surface area contributed by atoms with Gasteiger partial charge < -0.3 is 29.0 Å². The highest BCUT2D eigenvalue weighted by atomic mass is 16.6. The molecular weight excluding hydrogens is 390 g/mol. The molecule has 0 spiro atoms. The molecule has 1 N–H and O–H groups in total. The number of hydrogen-bond donors (Lipinski definition) is 1. The number of ether oxygens (including phenoxy) is 5. The second-order valence-corrected chi connectivity index (χ2v) is 6.21. The molecule has 1 heterocycles. The van der Waals surface area contributed by atoms with Gasteiger partial charge in [0.25, 0.3) is 0 Å². The quantitative estimate of drug-likeness (QED) is 0.417. The summed E-state index contributed by atoms with van der Waals surface area (Å²) in [5.41, 5.74) is 0. The van der Waals surface area contributed by atoms with Gasteiger partial charge in [0.2, 0.25) is 11.7 Å². The van der Waals surface area contributed by atoms with Crippen LogP contribution in [0, 0.1) is 0 Å². The maximum absolute atomic E-state index is 11.9. The molecule has 0 aliphatic carbocycles. The minimum absolute atomic E-state index is 0.146. The lowest BCUT2D eigenvalue weighted by atomic mass is 9.95. The van der Waals surface area contributed by atoms with E-state index in [1.165, 1.54) is 13.0 Å². The summed E-state index contributed by atoms with van der Waals surface area (Å²) in [7, 11) is 1.16. The van der Waals surface area contributed by atoms with Crippen LogP contribution in [0.2, 0.25) is 0 Å². The summed E-state index contributed by atoms with van der Waals surface area (Å²) in [4.78, 5) is 58.0. The van der Waals surface area contributed by atoms with Gasteiger partial charge in [-0.2, -0.15) is 0 Å². The van der Waals surface area contributed by atoms with Crippen molar-refractivity contribution < 1.29 is 47.7 Å². The fourth-order valence-electron chi connectivity index (χ4n) is 2.73. The summed E-state index contributed by atoms with van der Waals surface area (Å²) in [6, 6.07) is -0.736. The van der Waals surface area contributed by atoms with E-state index in [2.05, 4.69) is 10.1 Å². The predicted molar refractivity (Wildman–Crippen MR) is 94.9 cm³/mol. The molecule has 0 aromatic heterocycles. The van der Waals surface area contributed by atoms with Crippen LogP contribution >= 0.6 is 0 Å². The van der Waals surface area contributed by atoms with E-state index in [-0.39, 0.29) is 12.2 Å². The molecule has 0 aromatic carbocycles. The molecule has 0 radical (unpaired) electrons. The number of carbonyl (C=O) groups excluding carboxylic acids is 5. The summed E-state index contributed by atoms with van der Waals surface area (Å²) >= 11 is 0. The summed E-state index contributed by atoms with van der Waals surface area (Å²) in [6.07, 6.45) is -2.13. The number of nitrogens with one attached hydrogen (secondary N) is 1. The molecular formula is C18H25NO10. The molecule has 162 valence electrons. The molecule has 0 saturated carbocycles. The monoisotopic (exact) mass is 415 g/mol. The lowest BCUT2D eigenvalue weighted by molar-refractivity contribution is -0.187. The Bertz CT molecular complexity index is 686. The van der Waals surface area contributed by atoms with Crippen LogP contribution in [0.4, 0.5) is 0 Å². The first-order valence-electron chi connectivity index (χ1n) is 8.75. The SMILES string of the molecule is COC(=O)C1=CC[C@@H](NC(C)=O)[C@H]([C@@H](OC(C)=O)[C@@H](COC(C)=O)OC(C)=O)O1. The molecule has 1 rings (SSSR count). The Morgan fingerprint density at radius 2 is 1.69 bits per heavy atom. The van der Waals surface area contributed by atoms with E-state index >= 15 is 0 Å². The van der Waals surface area contributed by atoms with Gasteiger partial charge in [0, 0.05) is 27.7 Å². The molecule has 1 amide bonds. The third kappa shape index (κ3) is 7.80. The zero-order valence-corrected chi connectivity index (χ0v) is 16.9. The predicted octanol–water partition coefficient (Wildman–Crippen LogP) is -0.237. The van der Waals surface area contributed by atoms with Gasteiger partial charge in [-0.3, -0.25) is 19.2 Å². The van der Waals surface area contributed by atoms with Crippen LogP contribution in [0.3, 0.4) is 0 Å². The van der Waals surface area contributed by atoms with Crippen molar-refractivity contribution in [3.8, 4) is 0 Å². The summed E-state index contributed by atoms with van der Waals surface area (Å²) in [5, 5.41) is 2.64. The van der Waals surface area contributed by atoms with Gasteiger partial charge in [0.05, 0.1) is 13.2 Å². The number of hydrogen-bond acceptors (Lipinski definition) is 10. The van der Waals surface area contributed by atoms with Crippen LogP contribution < -0.4 is 5.32 Å². The summed E-state index contributed by atoms with van der Waals surface area (Å²) < 4.78 is 25.7. The lowest BCUT2D eigenvalue weighted by Gasteiger charge is -2.38. The molecule has 29 heavy (non-hydrogen) atoms. The fourth-order valence-corrected chi connectivity index (χ4v) is 2.73. The molecule has 0 unspecified atom stereocenters. The molecule has 11 heteroatoms. The van der Waals surface area contributed by atoms with E-state index in [0.717, 1.165) is 27.9 Å². The van der Waals surface area contributed by atoms with E-state index < -0.39 is 60.7 Å². The minimum Gasteiger partial charge on any atom is -0.477 e. The van der Waals surface area contributed by atoms with Gasteiger partial charge in [0.15, 0.2) is 18.3 Å². The van der Waals surface area contributed by atoms with Gasteiger partial charge in [-0.25, -0.2) is 4.79 Å². The maximum Gasteiger partial charge on any atom is 0.372 e. The van der Waals surface area contributed by atoms with E-state index in [0.29, 0.717) is 0 Å². The molecule has 0 fully saturated rings. The molecule has 1 aliphatic heterocycles. The van der Waals surface area contributed by atoms with Crippen molar-refractivity contribution in [1.29, 1.82) is 0 Å². The largest absolute Gasteiger partial charge is 0.477 e. The first-order chi connectivity index (χ1) is 13.5. The topological polar surface area (TPSA) is 144 Å². The van der Waals surface area contributed by atoms with Crippen LogP contribution in [0.1, 0.15) is 34.1 Å². The van der Waals surface area contributed by atoms with Crippen molar-refractivity contribution in [2.45, 2.75) is 58.5 Å². The third-order valence-corrected chi connectivity index (χ3v) is 3.75. The van der Waals surface area contributed by atoms with E-state index in [1.807, 2.05) is 0 Å². The highest BCUT2D eigenvalue weighted by Crippen LogP contribution is 2.26. The number of esters is 4. The second kappa shape index (κ2) is 11.0. The molecule has 11 nitrogen and oxygen atoms in total. The van der Waals surface area contributed by atoms with Crippen molar-refractivity contribution in [2.75, 3.05) is 13.7 Å². The Balaban J connectivity index is 3.30. The van der Waals surface area contributed by atoms with Gasteiger partial charge in [-0.05, 0) is 12.5 Å². The van der Waals surface area contributed by atoms with Gasteiger partial charge in [0.1, 0.15) is 6.61 Å². The first kappa shape index (κ1) is 23.9. The Morgan fingerprint density at radius 1 is 1.07 bits per heavy atom. The van der Waals surface area contributed by atoms with Crippen LogP contribution in [0.25, 0.3) is 0 Å². The average Bonchev–Trinajstić information content (AvgIpc) is 2.62. The van der Waals surface area contributed by atoms with Crippen molar-refractivity contribution in [3.63, 3.8) is 0 Å². The standard InChI is InChI=1S/C18H25NO10/c1-9(20)19-13-6-7-14(18(24)25-5)29-16(13)17(28-12(4)23)15(27-11(3)22)8-26-10(2)21/h7,13,15-17H,6,8H2,1-5H3,(H,19,20)/t13-,15-,16-,17+/m1/s1. The van der Waals surface area contributed by atoms with Crippen molar-refractivity contribution in [3.05, 3.63) is 11.8 Å². The van der Waals surface area contributed by atoms with Crippen LogP contribution in [-0.4, -0.2) is 67.9 Å². The van der Waals surface area contributed by atoms with Gasteiger partial charge in [-0.1, -0.05) is 0 Å². The van der Waals surface area contributed by atoms with Crippen LogP contribution in [0.5, 0.6) is 0 Å². The smallest absolute Gasteiger partial charge is 0.372 e. The highest BCUT2D eigenvalue weighted by molar-refractivity contribution is 5.86. The number of rotatable bonds is 8. The zero-order chi connectivity index (χ0) is 22.1. The fraction of sp³-hybridized carbons (Fsp3) is 0.611. The van der Waals surface area contributed by atoms with E-state index in [9.17, 15) is 24.0 Å². The van der Waals surface area contributed by atoms with Crippen molar-refractivity contribution in [1.82, 2.24) is 5.32 Å². The molecule has 0 aromatic rings. The Labute approximate surface area is 167 Å². The summed E-state index contributed by atoms with van der Waals surface area (Å²) in [6.45, 7) is 4.24. The second-order valence-electron chi connectivity index (χ2n) is 6.21. The normalized spacial score (nSPS) is 20.1. The zero-order valence-electron chi connectivity index (χ0n) is 16.9. The highest BCUT2D eigenvalue weighted by Gasteiger charge is 2.44. The number of carbonyl (C=O) groups is 5. The lowest BCUT2D eigenvalue weighted by Crippen LogP contribution is -2.57. The van der Waals surface area contributed by atoms with Crippen LogP contribution in [-0.2, 0) is 47.7 Å². The van der Waals surface area contributed by atoms with Crippen molar-refractivity contribution >= 4 is 29.8 Å². The number of methoxy groups -OCH3 is 1. The van der Waals surface area contributed by atoms with Gasteiger partial charge >= 0.3 is 23.9 Å². The minimum atomic E-state index is -1.30. The molecule has 1 aliphatic rings. The first-order valence-corrected chi connectivity index (χ1v) is 8.75. The Morgan fingerprint density at radius 3 is 2.17 bits per heavy atom. The van der Waals surface area contributed by atoms with Crippen LogP contribution in [0.15, 0.2) is 11.8 Å². The maximum atomic E-state index is 11.9. The van der Waals surface area contributed by atoms with Gasteiger partial charge in [-0.15, -0.1) is 0 Å². The molecule has 4 atom stereocenters.